The summed E-state index contributed by atoms with van der Waals surface area (Å²) in [6, 6.07) is 16.7. The molecule has 1 aliphatic rings. The minimum Gasteiger partial charge on any atom is -0.508 e. The van der Waals surface area contributed by atoms with Crippen molar-refractivity contribution in [2.75, 3.05) is 6.54 Å². The number of rotatable bonds is 12. The number of para-hydroxylation sites is 1. The zero-order valence-corrected chi connectivity index (χ0v) is 38.1. The Morgan fingerprint density at radius 1 is 0.765 bits per heavy atom. The molecule has 6 rings (SSSR count). The summed E-state index contributed by atoms with van der Waals surface area (Å²) < 4.78 is 1.56. The topological polar surface area (TPSA) is 298 Å². The second-order valence-electron chi connectivity index (χ2n) is 17.3. The summed E-state index contributed by atoms with van der Waals surface area (Å²) in [4.78, 5) is 101. The number of carbonyl (C=O) groups excluding carboxylic acids is 7. The van der Waals surface area contributed by atoms with Gasteiger partial charge < -0.3 is 48.1 Å². The lowest BCUT2D eigenvalue weighted by atomic mass is 9.89. The Morgan fingerprint density at radius 3 is 2.19 bits per heavy atom. The zero-order valence-electron chi connectivity index (χ0n) is 38.1. The number of aromatic amines is 1. The molecule has 5 aromatic rings. The van der Waals surface area contributed by atoms with Gasteiger partial charge >= 0.3 is 0 Å². The molecule has 68 heavy (non-hydrogen) atoms. The van der Waals surface area contributed by atoms with Gasteiger partial charge in [-0.3, -0.25) is 38.2 Å². The minimum atomic E-state index is -1.26. The number of hydrogen-bond donors (Lipinski definition) is 9. The summed E-state index contributed by atoms with van der Waals surface area (Å²) in [5.41, 5.74) is 14.9. The lowest BCUT2D eigenvalue weighted by Crippen LogP contribution is -2.58. The van der Waals surface area contributed by atoms with E-state index in [0.29, 0.717) is 55.6 Å². The third-order valence-corrected chi connectivity index (χ3v) is 12.0. The van der Waals surface area contributed by atoms with E-state index in [4.69, 9.17) is 11.5 Å². The van der Waals surface area contributed by atoms with Crippen molar-refractivity contribution in [2.45, 2.75) is 114 Å². The number of ketones is 1. The second-order valence-corrected chi connectivity index (χ2v) is 17.3. The third-order valence-electron chi connectivity index (χ3n) is 12.0. The van der Waals surface area contributed by atoms with Gasteiger partial charge in [-0.25, -0.2) is 0 Å². The Bertz CT molecular complexity index is 2530. The van der Waals surface area contributed by atoms with Crippen molar-refractivity contribution in [3.63, 3.8) is 0 Å². The van der Waals surface area contributed by atoms with E-state index in [1.165, 1.54) is 19.1 Å². The fourth-order valence-electron chi connectivity index (χ4n) is 8.37. The Hall–Kier alpha value is -7.41. The molecule has 0 unspecified atom stereocenters. The third kappa shape index (κ3) is 14.5. The molecular weight excluding hydrogens is 871 g/mol. The number of primary amides is 1. The Morgan fingerprint density at radius 2 is 1.46 bits per heavy atom. The van der Waals surface area contributed by atoms with Gasteiger partial charge in [0.25, 0.3) is 0 Å². The fraction of sp³-hybridized carbons (Fsp3) is 0.408. The lowest BCUT2D eigenvalue weighted by molar-refractivity contribution is -0.135. The van der Waals surface area contributed by atoms with Crippen LogP contribution in [0.15, 0.2) is 91.3 Å². The summed E-state index contributed by atoms with van der Waals surface area (Å²) in [6.07, 6.45) is 5.20. The van der Waals surface area contributed by atoms with Gasteiger partial charge in [-0.05, 0) is 92.8 Å². The fourth-order valence-corrected chi connectivity index (χ4v) is 8.37. The normalized spacial score (nSPS) is 21.7. The first-order chi connectivity index (χ1) is 32.8. The Balaban J connectivity index is 1.38. The minimum absolute atomic E-state index is 0.00580. The highest BCUT2D eigenvalue weighted by Crippen LogP contribution is 2.21. The van der Waals surface area contributed by atoms with Gasteiger partial charge in [0, 0.05) is 61.9 Å². The lowest BCUT2D eigenvalue weighted by Gasteiger charge is -2.27. The number of nitrogens with one attached hydrogen (secondary N) is 6. The number of benzene rings is 3. The molecule has 360 valence electrons. The SMILES string of the molecule is CC(=O)N[C@@H]1Cc2cn(nn2)CCCC[C@H](C(N)=O)NC(=O)[C@H](Cc2ccccc2)CC(=O)[C@H](Cc2ccc(O)cc2)NC(=O)[C@H](CCCCN)NC(=O)[C@H](Cc2c[nH]c3ccccc23)NC1=O. The van der Waals surface area contributed by atoms with Crippen LogP contribution in [0.1, 0.15) is 74.3 Å². The molecular formula is C49H61N11O8. The van der Waals surface area contributed by atoms with E-state index in [0.717, 1.165) is 16.5 Å². The number of H-pyrrole nitrogens is 1. The number of aromatic hydroxyl groups is 1. The predicted octanol–water partition coefficient (Wildman–Crippen LogP) is 1.55. The number of carbonyl (C=O) groups is 7. The molecule has 3 aromatic carbocycles. The number of hydrogen-bond acceptors (Lipinski definition) is 11. The van der Waals surface area contributed by atoms with Crippen molar-refractivity contribution >= 4 is 52.1 Å². The van der Waals surface area contributed by atoms with Crippen molar-refractivity contribution in [1.82, 2.24) is 46.6 Å². The number of Topliss-reactive ketones (excluding diaryl/α,β-unsaturated/α-hetero) is 1. The Kier molecular flexibility index (Phi) is 17.9. The van der Waals surface area contributed by atoms with E-state index in [9.17, 15) is 38.7 Å². The molecule has 19 heteroatoms. The molecule has 6 atom stereocenters. The van der Waals surface area contributed by atoms with E-state index < -0.39 is 77.4 Å². The molecule has 2 bridgehead atoms. The maximum Gasteiger partial charge on any atom is 0.243 e. The van der Waals surface area contributed by atoms with Gasteiger partial charge in [0.1, 0.15) is 29.9 Å². The quantitative estimate of drug-likeness (QED) is 0.0809. The summed E-state index contributed by atoms with van der Waals surface area (Å²) >= 11 is 0. The van der Waals surface area contributed by atoms with Crippen LogP contribution in [0.2, 0.25) is 0 Å². The van der Waals surface area contributed by atoms with Gasteiger partial charge in [-0.1, -0.05) is 65.9 Å². The zero-order chi connectivity index (χ0) is 48.6. The standard InChI is InChI=1S/C49H61N11O8/c1-30(61)53-43-27-35-29-60(59-58-35)22-10-8-15-39(45(51)64)54-46(65)33(23-31-11-3-2-4-12-31)26-44(63)41(24-32-17-19-36(62)20-18-32)56-47(66)40(16-7-9-21-50)55-48(67)42(57-49(43)68)25-34-28-52-38-14-6-5-13-37(34)38/h2-6,11-14,17-20,28-29,33,39-43,52,62H,7-10,15-16,21-27,50H2,1H3,(H2,51,64)(H,53,61)(H,54,65)(H,55,67)(H,56,66)(H,57,68)/t33-,39-,40+,41+,42+,43-/m1/s1. The molecule has 0 fully saturated rings. The van der Waals surface area contributed by atoms with Crippen LogP contribution in [-0.2, 0) is 65.8 Å². The highest BCUT2D eigenvalue weighted by molar-refractivity contribution is 5.97. The molecule has 19 nitrogen and oxygen atoms in total. The van der Waals surface area contributed by atoms with Gasteiger partial charge in [0.05, 0.1) is 11.7 Å². The van der Waals surface area contributed by atoms with E-state index >= 15 is 0 Å². The number of fused-ring (bicyclic) bond motifs is 3. The number of aryl methyl sites for hydroxylation is 1. The molecule has 3 heterocycles. The number of aromatic nitrogens is 4. The molecule has 0 aliphatic carbocycles. The smallest absolute Gasteiger partial charge is 0.243 e. The van der Waals surface area contributed by atoms with E-state index in [1.54, 1.807) is 29.2 Å². The van der Waals surface area contributed by atoms with Gasteiger partial charge in [-0.15, -0.1) is 5.10 Å². The monoisotopic (exact) mass is 931 g/mol. The van der Waals surface area contributed by atoms with Crippen LogP contribution in [0.4, 0.5) is 0 Å². The number of phenolic OH excluding ortho intramolecular Hbond substituents is 1. The van der Waals surface area contributed by atoms with Crippen LogP contribution in [-0.4, -0.2) is 103 Å². The highest BCUT2D eigenvalue weighted by Gasteiger charge is 2.34. The Labute approximate surface area is 393 Å². The number of phenols is 1. The number of nitrogens with zero attached hydrogens (tertiary/aromatic N) is 3. The van der Waals surface area contributed by atoms with Crippen LogP contribution in [0.3, 0.4) is 0 Å². The number of unbranched alkanes of at least 4 members (excludes halogenated alkanes) is 1. The molecule has 0 saturated heterocycles. The van der Waals surface area contributed by atoms with Crippen LogP contribution in [0.5, 0.6) is 5.75 Å². The average Bonchev–Trinajstić information content (AvgIpc) is 3.95. The molecule has 6 amide bonds. The molecule has 11 N–H and O–H groups in total. The van der Waals surface area contributed by atoms with E-state index in [-0.39, 0.29) is 50.7 Å². The molecule has 0 radical (unpaired) electrons. The van der Waals surface area contributed by atoms with Gasteiger partial charge in [-0.2, -0.15) is 0 Å². The van der Waals surface area contributed by atoms with Gasteiger partial charge in [0.15, 0.2) is 5.78 Å². The number of nitrogens with two attached hydrogens (primary N) is 2. The van der Waals surface area contributed by atoms with Crippen molar-refractivity contribution in [2.24, 2.45) is 17.4 Å². The summed E-state index contributed by atoms with van der Waals surface area (Å²) in [7, 11) is 0. The summed E-state index contributed by atoms with van der Waals surface area (Å²) in [6.45, 7) is 1.94. The highest BCUT2D eigenvalue weighted by atomic mass is 16.3. The predicted molar refractivity (Wildman–Crippen MR) is 252 cm³/mol. The van der Waals surface area contributed by atoms with Crippen molar-refractivity contribution < 1.29 is 38.7 Å². The van der Waals surface area contributed by atoms with Crippen LogP contribution in [0.25, 0.3) is 10.9 Å². The van der Waals surface area contributed by atoms with Crippen molar-refractivity contribution in [1.29, 1.82) is 0 Å². The largest absolute Gasteiger partial charge is 0.508 e. The summed E-state index contributed by atoms with van der Waals surface area (Å²) in [5, 5.41) is 33.3. The molecule has 0 saturated carbocycles. The first-order valence-corrected chi connectivity index (χ1v) is 23.0. The van der Waals surface area contributed by atoms with Crippen molar-refractivity contribution in [3.05, 3.63) is 114 Å². The van der Waals surface area contributed by atoms with Crippen LogP contribution < -0.4 is 38.1 Å². The van der Waals surface area contributed by atoms with E-state index in [2.05, 4.69) is 41.9 Å². The summed E-state index contributed by atoms with van der Waals surface area (Å²) in [5.74, 6) is -5.40. The molecule has 0 spiro atoms. The first-order valence-electron chi connectivity index (χ1n) is 23.0. The second kappa shape index (κ2) is 24.4. The maximum atomic E-state index is 14.6. The van der Waals surface area contributed by atoms with Crippen molar-refractivity contribution in [3.8, 4) is 5.75 Å². The van der Waals surface area contributed by atoms with E-state index in [1.807, 2.05) is 54.6 Å². The first kappa shape index (κ1) is 50.0. The van der Waals surface area contributed by atoms with Crippen LogP contribution in [0, 0.1) is 5.92 Å². The van der Waals surface area contributed by atoms with Gasteiger partial charge in [0.2, 0.25) is 35.4 Å². The van der Waals surface area contributed by atoms with Crippen LogP contribution >= 0.6 is 0 Å². The number of amides is 6. The maximum absolute atomic E-state index is 14.6. The molecule has 1 aliphatic heterocycles. The average molecular weight is 932 g/mol. The molecule has 2 aromatic heterocycles.